The summed E-state index contributed by atoms with van der Waals surface area (Å²) in [6, 6.07) is 10.6. The van der Waals surface area contributed by atoms with Crippen LogP contribution in [-0.2, 0) is 14.8 Å². The van der Waals surface area contributed by atoms with Gasteiger partial charge in [0.15, 0.2) is 0 Å². The Morgan fingerprint density at radius 1 is 1.04 bits per heavy atom. The molecule has 3 amide bonds. The molecular formula is C19H18ClN3O4S. The average Bonchev–Trinajstić information content (AvgIpc) is 3.08. The Hall–Kier alpha value is -2.42. The molecular weight excluding hydrogens is 402 g/mol. The molecule has 7 nitrogen and oxygen atoms in total. The number of carbonyl (C=O) groups is 2. The van der Waals surface area contributed by atoms with Gasteiger partial charge in [0.05, 0.1) is 16.6 Å². The number of urea groups is 1. The van der Waals surface area contributed by atoms with Gasteiger partial charge in [-0.15, -0.1) is 0 Å². The summed E-state index contributed by atoms with van der Waals surface area (Å²) in [5.41, 5.74) is 1.39. The fourth-order valence-electron chi connectivity index (χ4n) is 3.62. The van der Waals surface area contributed by atoms with E-state index in [9.17, 15) is 18.0 Å². The standard InChI is InChI=1S/C19H18ClN3O4S/c1-12-2-6-14(7-3-12)23-18(24)17-16(21-19(23)25)10-11-22(17)28(26,27)15-8-4-13(20)5-9-15/h2-9,16-17H,10-11H2,1H3,(H,21,25). The fourth-order valence-corrected chi connectivity index (χ4v) is 5.37. The van der Waals surface area contributed by atoms with E-state index in [1.807, 2.05) is 6.92 Å². The number of benzene rings is 2. The minimum atomic E-state index is -3.91. The molecule has 146 valence electrons. The van der Waals surface area contributed by atoms with Crippen LogP contribution < -0.4 is 10.2 Å². The molecule has 0 aromatic heterocycles. The zero-order valence-corrected chi connectivity index (χ0v) is 16.6. The number of anilines is 1. The van der Waals surface area contributed by atoms with Crippen LogP contribution >= 0.6 is 11.6 Å². The molecule has 0 radical (unpaired) electrons. The number of nitrogens with zero attached hydrogens (tertiary/aromatic N) is 2. The number of halogens is 1. The second kappa shape index (κ2) is 6.88. The van der Waals surface area contributed by atoms with Crippen LogP contribution in [0.5, 0.6) is 0 Å². The Balaban J connectivity index is 1.70. The number of carbonyl (C=O) groups excluding carboxylic acids is 2. The van der Waals surface area contributed by atoms with Crippen molar-refractivity contribution in [3.05, 3.63) is 59.1 Å². The highest BCUT2D eigenvalue weighted by Crippen LogP contribution is 2.32. The fraction of sp³-hybridized carbons (Fsp3) is 0.263. The van der Waals surface area contributed by atoms with E-state index >= 15 is 0 Å². The van der Waals surface area contributed by atoms with Crippen LogP contribution in [0.15, 0.2) is 53.4 Å². The number of nitrogens with one attached hydrogen (secondary N) is 1. The molecule has 2 saturated heterocycles. The lowest BCUT2D eigenvalue weighted by Crippen LogP contribution is -2.64. The van der Waals surface area contributed by atoms with Gasteiger partial charge in [-0.3, -0.25) is 4.79 Å². The van der Waals surface area contributed by atoms with Gasteiger partial charge < -0.3 is 5.32 Å². The summed E-state index contributed by atoms with van der Waals surface area (Å²) in [5.74, 6) is -0.548. The van der Waals surface area contributed by atoms with E-state index in [-0.39, 0.29) is 11.4 Å². The number of rotatable bonds is 3. The first-order valence-corrected chi connectivity index (χ1v) is 10.6. The van der Waals surface area contributed by atoms with Crippen molar-refractivity contribution in [1.29, 1.82) is 0 Å². The molecule has 0 spiro atoms. The van der Waals surface area contributed by atoms with Crippen molar-refractivity contribution in [3.63, 3.8) is 0 Å². The number of sulfonamides is 1. The maximum atomic E-state index is 13.2. The van der Waals surface area contributed by atoms with E-state index in [4.69, 9.17) is 11.6 Å². The predicted molar refractivity (Wildman–Crippen MR) is 105 cm³/mol. The first kappa shape index (κ1) is 18.9. The van der Waals surface area contributed by atoms with Gasteiger partial charge in [0.1, 0.15) is 6.04 Å². The van der Waals surface area contributed by atoms with E-state index in [0.717, 1.165) is 10.5 Å². The summed E-state index contributed by atoms with van der Waals surface area (Å²) in [5, 5.41) is 3.19. The quantitative estimate of drug-likeness (QED) is 0.828. The lowest BCUT2D eigenvalue weighted by atomic mass is 10.1. The van der Waals surface area contributed by atoms with Crippen LogP contribution in [0.1, 0.15) is 12.0 Å². The largest absolute Gasteiger partial charge is 0.332 e. The van der Waals surface area contributed by atoms with Gasteiger partial charge in [-0.25, -0.2) is 18.1 Å². The Morgan fingerprint density at radius 3 is 2.32 bits per heavy atom. The second-order valence-corrected chi connectivity index (χ2v) is 9.20. The Labute approximate surface area is 167 Å². The number of fused-ring (bicyclic) bond motifs is 1. The molecule has 0 bridgehead atoms. The molecule has 2 atom stereocenters. The van der Waals surface area contributed by atoms with Crippen molar-refractivity contribution in [2.24, 2.45) is 0 Å². The molecule has 2 aromatic rings. The van der Waals surface area contributed by atoms with Crippen molar-refractivity contribution < 1.29 is 18.0 Å². The molecule has 2 aliphatic rings. The number of hydrogen-bond acceptors (Lipinski definition) is 4. The molecule has 4 rings (SSSR count). The first-order valence-electron chi connectivity index (χ1n) is 8.77. The van der Waals surface area contributed by atoms with Gasteiger partial charge in [-0.1, -0.05) is 29.3 Å². The number of hydrogen-bond donors (Lipinski definition) is 1. The molecule has 2 heterocycles. The van der Waals surface area contributed by atoms with Crippen molar-refractivity contribution in [1.82, 2.24) is 9.62 Å². The van der Waals surface area contributed by atoms with Crippen molar-refractivity contribution in [2.75, 3.05) is 11.4 Å². The summed E-state index contributed by atoms with van der Waals surface area (Å²) in [7, 11) is -3.91. The van der Waals surface area contributed by atoms with Gasteiger partial charge >= 0.3 is 6.03 Å². The van der Waals surface area contributed by atoms with Gasteiger partial charge in [0, 0.05) is 11.6 Å². The topological polar surface area (TPSA) is 86.8 Å². The Morgan fingerprint density at radius 2 is 1.68 bits per heavy atom. The Bertz CT molecular complexity index is 1040. The van der Waals surface area contributed by atoms with Crippen LogP contribution in [0.4, 0.5) is 10.5 Å². The highest BCUT2D eigenvalue weighted by Gasteiger charge is 2.52. The minimum Gasteiger partial charge on any atom is -0.332 e. The van der Waals surface area contributed by atoms with Crippen molar-refractivity contribution >= 4 is 39.2 Å². The van der Waals surface area contributed by atoms with E-state index in [1.54, 1.807) is 24.3 Å². The predicted octanol–water partition coefficient (Wildman–Crippen LogP) is 2.54. The third kappa shape index (κ3) is 3.07. The third-order valence-electron chi connectivity index (χ3n) is 5.05. The van der Waals surface area contributed by atoms with Crippen LogP contribution in [-0.4, -0.2) is 43.3 Å². The summed E-state index contributed by atoms with van der Waals surface area (Å²) in [6.07, 6.45) is 0.372. The van der Waals surface area contributed by atoms with E-state index in [1.165, 1.54) is 28.6 Å². The molecule has 2 aliphatic heterocycles. The van der Waals surface area contributed by atoms with E-state index in [0.29, 0.717) is 17.1 Å². The number of amides is 3. The average molecular weight is 420 g/mol. The van der Waals surface area contributed by atoms with Crippen LogP contribution in [0.3, 0.4) is 0 Å². The van der Waals surface area contributed by atoms with Gasteiger partial charge in [-0.2, -0.15) is 4.31 Å². The lowest BCUT2D eigenvalue weighted by molar-refractivity contribution is -0.122. The van der Waals surface area contributed by atoms with Gasteiger partial charge in [-0.05, 0) is 49.7 Å². The van der Waals surface area contributed by atoms with Crippen LogP contribution in [0, 0.1) is 6.92 Å². The highest BCUT2D eigenvalue weighted by atomic mass is 35.5. The molecule has 2 fully saturated rings. The Kier molecular flexibility index (Phi) is 4.65. The monoisotopic (exact) mass is 419 g/mol. The lowest BCUT2D eigenvalue weighted by Gasteiger charge is -2.36. The van der Waals surface area contributed by atoms with Crippen LogP contribution in [0.25, 0.3) is 0 Å². The first-order chi connectivity index (χ1) is 13.3. The third-order valence-corrected chi connectivity index (χ3v) is 7.20. The molecule has 9 heteroatoms. The molecule has 1 N–H and O–H groups in total. The van der Waals surface area contributed by atoms with Gasteiger partial charge in [0.25, 0.3) is 5.91 Å². The maximum Gasteiger partial charge on any atom is 0.329 e. The maximum absolute atomic E-state index is 13.2. The van der Waals surface area contributed by atoms with Gasteiger partial charge in [0.2, 0.25) is 10.0 Å². The minimum absolute atomic E-state index is 0.0594. The normalized spacial score (nSPS) is 22.9. The summed E-state index contributed by atoms with van der Waals surface area (Å²) < 4.78 is 27.4. The van der Waals surface area contributed by atoms with E-state index in [2.05, 4.69) is 5.32 Å². The van der Waals surface area contributed by atoms with Crippen LogP contribution in [0.2, 0.25) is 5.02 Å². The number of aryl methyl sites for hydroxylation is 1. The number of imide groups is 1. The summed E-state index contributed by atoms with van der Waals surface area (Å²) >= 11 is 5.85. The van der Waals surface area contributed by atoms with Crippen molar-refractivity contribution in [2.45, 2.75) is 30.3 Å². The zero-order valence-electron chi connectivity index (χ0n) is 15.0. The molecule has 0 aliphatic carbocycles. The zero-order chi connectivity index (χ0) is 20.1. The highest BCUT2D eigenvalue weighted by molar-refractivity contribution is 7.89. The SMILES string of the molecule is Cc1ccc(N2C(=O)NC3CCN(S(=O)(=O)c4ccc(Cl)cc4)C3C2=O)cc1. The summed E-state index contributed by atoms with van der Waals surface area (Å²) in [6.45, 7) is 2.04. The second-order valence-electron chi connectivity index (χ2n) is 6.87. The summed E-state index contributed by atoms with van der Waals surface area (Å²) in [4.78, 5) is 26.8. The van der Waals surface area contributed by atoms with E-state index < -0.39 is 34.0 Å². The smallest absolute Gasteiger partial charge is 0.329 e. The molecule has 0 saturated carbocycles. The molecule has 2 unspecified atom stereocenters. The molecule has 2 aromatic carbocycles. The van der Waals surface area contributed by atoms with Crippen molar-refractivity contribution in [3.8, 4) is 0 Å². The molecule has 28 heavy (non-hydrogen) atoms.